The Hall–Kier alpha value is -3.79. The lowest BCUT2D eigenvalue weighted by Crippen LogP contribution is -2.02. The number of nitrogens with one attached hydrogen (secondary N) is 2. The molecule has 1 heterocycles. The van der Waals surface area contributed by atoms with Crippen LogP contribution in [0.4, 0.5) is 23.0 Å². The van der Waals surface area contributed by atoms with Crippen LogP contribution in [-0.2, 0) is 0 Å². The average molecular weight is 361 g/mol. The Morgan fingerprint density at radius 3 is 2.00 bits per heavy atom. The monoisotopic (exact) mass is 361 g/mol. The minimum atomic E-state index is 0.607. The highest BCUT2D eigenvalue weighted by Crippen LogP contribution is 2.31. The SMILES string of the molecule is COc1ccc(Nc2cc(Nc3ccc(C#N)cc3)nc(C)n2)cc1OC. The molecule has 0 unspecified atom stereocenters. The van der Waals surface area contributed by atoms with Gasteiger partial charge in [0.15, 0.2) is 11.5 Å². The Balaban J connectivity index is 1.81. The standard InChI is InChI=1S/C20H19N5O2/c1-13-22-19(24-15-6-4-14(12-21)5-7-15)11-20(23-13)25-16-8-9-17(26-2)18(10-16)27-3/h4-11H,1-3H3,(H2,22,23,24,25). The Labute approximate surface area is 157 Å². The van der Waals surface area contributed by atoms with E-state index in [9.17, 15) is 0 Å². The van der Waals surface area contributed by atoms with E-state index in [1.807, 2.05) is 43.3 Å². The van der Waals surface area contributed by atoms with Crippen LogP contribution in [0, 0.1) is 18.3 Å². The van der Waals surface area contributed by atoms with E-state index in [1.54, 1.807) is 26.4 Å². The van der Waals surface area contributed by atoms with Crippen molar-refractivity contribution in [1.82, 2.24) is 9.97 Å². The van der Waals surface area contributed by atoms with Crippen LogP contribution >= 0.6 is 0 Å². The van der Waals surface area contributed by atoms with Gasteiger partial charge in [-0.25, -0.2) is 9.97 Å². The molecule has 0 radical (unpaired) electrons. The van der Waals surface area contributed by atoms with E-state index < -0.39 is 0 Å². The molecule has 2 N–H and O–H groups in total. The number of aromatic nitrogens is 2. The molecule has 136 valence electrons. The van der Waals surface area contributed by atoms with Crippen LogP contribution in [0.3, 0.4) is 0 Å². The molecule has 0 spiro atoms. The maximum atomic E-state index is 8.89. The number of benzene rings is 2. The minimum Gasteiger partial charge on any atom is -0.493 e. The van der Waals surface area contributed by atoms with Crippen molar-refractivity contribution in [3.8, 4) is 17.6 Å². The van der Waals surface area contributed by atoms with Crippen LogP contribution in [0.2, 0.25) is 0 Å². The highest BCUT2D eigenvalue weighted by Gasteiger charge is 2.07. The highest BCUT2D eigenvalue weighted by molar-refractivity contribution is 5.65. The lowest BCUT2D eigenvalue weighted by atomic mass is 10.2. The van der Waals surface area contributed by atoms with E-state index in [0.29, 0.717) is 34.5 Å². The Morgan fingerprint density at radius 2 is 1.41 bits per heavy atom. The minimum absolute atomic E-state index is 0.607. The molecule has 7 nitrogen and oxygen atoms in total. The summed E-state index contributed by atoms with van der Waals surface area (Å²) in [7, 11) is 3.19. The number of nitrogens with zero attached hydrogens (tertiary/aromatic N) is 3. The normalized spacial score (nSPS) is 10.0. The van der Waals surface area contributed by atoms with Gasteiger partial charge in [0.05, 0.1) is 25.9 Å². The first kappa shape index (κ1) is 18.0. The molecule has 7 heteroatoms. The van der Waals surface area contributed by atoms with Crippen LogP contribution in [0.5, 0.6) is 11.5 Å². The zero-order valence-corrected chi connectivity index (χ0v) is 15.3. The molecule has 0 fully saturated rings. The van der Waals surface area contributed by atoms with Gasteiger partial charge in [0, 0.05) is 23.5 Å². The summed E-state index contributed by atoms with van der Waals surface area (Å²) in [6.07, 6.45) is 0. The molecular weight excluding hydrogens is 342 g/mol. The molecule has 0 aliphatic carbocycles. The molecule has 0 saturated carbocycles. The maximum absolute atomic E-state index is 8.89. The van der Waals surface area contributed by atoms with Gasteiger partial charge in [-0.2, -0.15) is 5.26 Å². The Morgan fingerprint density at radius 1 is 0.815 bits per heavy atom. The zero-order valence-electron chi connectivity index (χ0n) is 15.3. The van der Waals surface area contributed by atoms with Crippen molar-refractivity contribution < 1.29 is 9.47 Å². The average Bonchev–Trinajstić information content (AvgIpc) is 2.68. The molecule has 1 aromatic heterocycles. The fourth-order valence-electron chi connectivity index (χ4n) is 2.53. The first-order valence-electron chi connectivity index (χ1n) is 8.23. The van der Waals surface area contributed by atoms with Crippen LogP contribution < -0.4 is 20.1 Å². The van der Waals surface area contributed by atoms with Gasteiger partial charge in [0.1, 0.15) is 17.5 Å². The smallest absolute Gasteiger partial charge is 0.162 e. The first-order chi connectivity index (χ1) is 13.1. The van der Waals surface area contributed by atoms with E-state index in [4.69, 9.17) is 14.7 Å². The van der Waals surface area contributed by atoms with E-state index in [-0.39, 0.29) is 0 Å². The molecule has 0 atom stereocenters. The zero-order chi connectivity index (χ0) is 19.2. The second-order valence-corrected chi connectivity index (χ2v) is 5.69. The van der Waals surface area contributed by atoms with Gasteiger partial charge < -0.3 is 20.1 Å². The molecular formula is C20H19N5O2. The van der Waals surface area contributed by atoms with Gasteiger partial charge in [-0.1, -0.05) is 0 Å². The lowest BCUT2D eigenvalue weighted by Gasteiger charge is -2.12. The molecule has 0 saturated heterocycles. The van der Waals surface area contributed by atoms with Crippen LogP contribution in [0.25, 0.3) is 0 Å². The second kappa shape index (κ2) is 8.06. The largest absolute Gasteiger partial charge is 0.493 e. The predicted molar refractivity (Wildman–Crippen MR) is 104 cm³/mol. The van der Waals surface area contributed by atoms with Crippen LogP contribution in [0.1, 0.15) is 11.4 Å². The van der Waals surface area contributed by atoms with Crippen molar-refractivity contribution >= 4 is 23.0 Å². The number of rotatable bonds is 6. The van der Waals surface area contributed by atoms with Gasteiger partial charge in [0.25, 0.3) is 0 Å². The number of hydrogen-bond acceptors (Lipinski definition) is 7. The van der Waals surface area contributed by atoms with Gasteiger partial charge in [-0.15, -0.1) is 0 Å². The Kier molecular flexibility index (Phi) is 5.38. The number of nitriles is 1. The topological polar surface area (TPSA) is 92.1 Å². The molecule has 3 rings (SSSR count). The molecule has 3 aromatic rings. The second-order valence-electron chi connectivity index (χ2n) is 5.69. The summed E-state index contributed by atoms with van der Waals surface area (Å²) in [5.74, 6) is 3.20. The maximum Gasteiger partial charge on any atom is 0.162 e. The Bertz CT molecular complexity index is 981. The first-order valence-corrected chi connectivity index (χ1v) is 8.23. The van der Waals surface area contributed by atoms with Crippen molar-refractivity contribution in [2.75, 3.05) is 24.9 Å². The molecule has 0 aliphatic heterocycles. The summed E-state index contributed by atoms with van der Waals surface area (Å²) < 4.78 is 10.6. The van der Waals surface area contributed by atoms with Crippen molar-refractivity contribution in [3.63, 3.8) is 0 Å². The van der Waals surface area contributed by atoms with E-state index in [1.165, 1.54) is 0 Å². The third kappa shape index (κ3) is 4.44. The summed E-state index contributed by atoms with van der Waals surface area (Å²) in [6.45, 7) is 1.82. The molecule has 2 aromatic carbocycles. The lowest BCUT2D eigenvalue weighted by molar-refractivity contribution is 0.355. The van der Waals surface area contributed by atoms with Gasteiger partial charge >= 0.3 is 0 Å². The number of hydrogen-bond donors (Lipinski definition) is 2. The third-order valence-corrected chi connectivity index (χ3v) is 3.78. The van der Waals surface area contributed by atoms with E-state index >= 15 is 0 Å². The summed E-state index contributed by atoms with van der Waals surface area (Å²) in [5.41, 5.74) is 2.26. The van der Waals surface area contributed by atoms with E-state index in [2.05, 4.69) is 26.7 Å². The highest BCUT2D eigenvalue weighted by atomic mass is 16.5. The molecule has 0 bridgehead atoms. The van der Waals surface area contributed by atoms with E-state index in [0.717, 1.165) is 11.4 Å². The molecule has 0 aliphatic rings. The number of ether oxygens (including phenoxy) is 2. The molecule has 0 amide bonds. The fourth-order valence-corrected chi connectivity index (χ4v) is 2.53. The van der Waals surface area contributed by atoms with Crippen molar-refractivity contribution in [2.45, 2.75) is 6.92 Å². The van der Waals surface area contributed by atoms with Crippen molar-refractivity contribution in [2.24, 2.45) is 0 Å². The van der Waals surface area contributed by atoms with Crippen molar-refractivity contribution in [1.29, 1.82) is 5.26 Å². The summed E-state index contributed by atoms with van der Waals surface area (Å²) in [5, 5.41) is 15.3. The van der Waals surface area contributed by atoms with Crippen LogP contribution in [-0.4, -0.2) is 24.2 Å². The number of aryl methyl sites for hydroxylation is 1. The number of methoxy groups -OCH3 is 2. The van der Waals surface area contributed by atoms with Crippen molar-refractivity contribution in [3.05, 3.63) is 59.9 Å². The van der Waals surface area contributed by atoms with Gasteiger partial charge in [-0.05, 0) is 43.3 Å². The van der Waals surface area contributed by atoms with Gasteiger partial charge in [-0.3, -0.25) is 0 Å². The third-order valence-electron chi connectivity index (χ3n) is 3.78. The summed E-state index contributed by atoms with van der Waals surface area (Å²) >= 11 is 0. The van der Waals surface area contributed by atoms with Crippen LogP contribution in [0.15, 0.2) is 48.5 Å². The summed E-state index contributed by atoms with van der Waals surface area (Å²) in [6, 6.07) is 16.6. The summed E-state index contributed by atoms with van der Waals surface area (Å²) in [4.78, 5) is 8.82. The quantitative estimate of drug-likeness (QED) is 0.681. The fraction of sp³-hybridized carbons (Fsp3) is 0.150. The van der Waals surface area contributed by atoms with Gasteiger partial charge in [0.2, 0.25) is 0 Å². The number of anilines is 4. The molecule has 27 heavy (non-hydrogen) atoms. The predicted octanol–water partition coefficient (Wildman–Crippen LogP) is 4.16.